The van der Waals surface area contributed by atoms with E-state index in [2.05, 4.69) is 15.9 Å². The summed E-state index contributed by atoms with van der Waals surface area (Å²) in [6, 6.07) is 13.0. The Labute approximate surface area is 161 Å². The van der Waals surface area contributed by atoms with Crippen molar-refractivity contribution in [3.05, 3.63) is 58.1 Å². The average molecular weight is 421 g/mol. The van der Waals surface area contributed by atoms with E-state index in [9.17, 15) is 4.79 Å². The van der Waals surface area contributed by atoms with Crippen molar-refractivity contribution in [1.29, 1.82) is 0 Å². The van der Waals surface area contributed by atoms with Gasteiger partial charge in [0.25, 0.3) is 0 Å². The van der Waals surface area contributed by atoms with Crippen LogP contribution in [0.15, 0.2) is 46.9 Å². The smallest absolute Gasteiger partial charge is 0.307 e. The number of rotatable bonds is 8. The maximum Gasteiger partial charge on any atom is 0.307 e. The summed E-state index contributed by atoms with van der Waals surface area (Å²) in [7, 11) is 0. The number of halogens is 1. The Morgan fingerprint density at radius 2 is 2.08 bits per heavy atom. The molecule has 1 aliphatic heterocycles. The normalized spacial score (nSPS) is 16.4. The van der Waals surface area contributed by atoms with Gasteiger partial charge in [0.05, 0.1) is 12.5 Å². The summed E-state index contributed by atoms with van der Waals surface area (Å²) in [4.78, 5) is 11.0. The van der Waals surface area contributed by atoms with Gasteiger partial charge in [-0.2, -0.15) is 0 Å². The number of para-hydroxylation sites is 1. The Morgan fingerprint density at radius 3 is 2.85 bits per heavy atom. The first-order valence-corrected chi connectivity index (χ1v) is 9.36. The second-order valence-corrected chi connectivity index (χ2v) is 7.12. The summed E-state index contributed by atoms with van der Waals surface area (Å²) in [6.45, 7) is 1.67. The zero-order chi connectivity index (χ0) is 18.4. The molecule has 6 heteroatoms. The summed E-state index contributed by atoms with van der Waals surface area (Å²) in [5.74, 6) is 0.456. The fourth-order valence-electron chi connectivity index (χ4n) is 2.87. The molecule has 1 atom stereocenters. The number of ether oxygens (including phenoxy) is 3. The molecule has 0 spiro atoms. The molecule has 26 heavy (non-hydrogen) atoms. The summed E-state index contributed by atoms with van der Waals surface area (Å²) < 4.78 is 18.2. The van der Waals surface area contributed by atoms with Crippen LogP contribution in [-0.2, 0) is 22.6 Å². The number of hydrogen-bond acceptors (Lipinski definition) is 4. The SMILES string of the molecule is O=C(O)Cc1ccccc1OCc1cc(Br)cc(OCC2CCCO2)c1. The van der Waals surface area contributed by atoms with Gasteiger partial charge in [0.2, 0.25) is 0 Å². The molecule has 1 unspecified atom stereocenters. The van der Waals surface area contributed by atoms with Crippen molar-refractivity contribution < 1.29 is 24.1 Å². The van der Waals surface area contributed by atoms with Gasteiger partial charge in [-0.05, 0) is 42.7 Å². The molecule has 1 fully saturated rings. The van der Waals surface area contributed by atoms with Gasteiger partial charge >= 0.3 is 5.97 Å². The zero-order valence-electron chi connectivity index (χ0n) is 14.3. The van der Waals surface area contributed by atoms with Gasteiger partial charge in [0, 0.05) is 16.6 Å². The van der Waals surface area contributed by atoms with Gasteiger partial charge in [-0.25, -0.2) is 0 Å². The number of carboxylic acids is 1. The van der Waals surface area contributed by atoms with E-state index in [1.54, 1.807) is 18.2 Å². The molecule has 5 nitrogen and oxygen atoms in total. The number of carbonyl (C=O) groups is 1. The van der Waals surface area contributed by atoms with Crippen molar-refractivity contribution in [3.63, 3.8) is 0 Å². The average Bonchev–Trinajstić information content (AvgIpc) is 3.12. The summed E-state index contributed by atoms with van der Waals surface area (Å²) in [6.07, 6.45) is 2.22. The first kappa shape index (κ1) is 18.7. The van der Waals surface area contributed by atoms with Gasteiger partial charge in [-0.1, -0.05) is 34.1 Å². The third-order valence-electron chi connectivity index (χ3n) is 4.10. The molecule has 0 aliphatic carbocycles. The van der Waals surface area contributed by atoms with Crippen molar-refractivity contribution in [2.75, 3.05) is 13.2 Å². The molecule has 0 bridgehead atoms. The minimum atomic E-state index is -0.881. The number of aliphatic carboxylic acids is 1. The van der Waals surface area contributed by atoms with Crippen LogP contribution >= 0.6 is 15.9 Å². The number of carboxylic acid groups (broad SMARTS) is 1. The lowest BCUT2D eigenvalue weighted by Crippen LogP contribution is -2.16. The molecule has 2 aromatic carbocycles. The molecule has 0 saturated carbocycles. The van der Waals surface area contributed by atoms with Crippen molar-refractivity contribution in [2.24, 2.45) is 0 Å². The minimum Gasteiger partial charge on any atom is -0.491 e. The largest absolute Gasteiger partial charge is 0.491 e. The highest BCUT2D eigenvalue weighted by Gasteiger charge is 2.16. The monoisotopic (exact) mass is 420 g/mol. The van der Waals surface area contributed by atoms with Crippen LogP contribution < -0.4 is 9.47 Å². The van der Waals surface area contributed by atoms with Gasteiger partial charge in [-0.15, -0.1) is 0 Å². The van der Waals surface area contributed by atoms with E-state index in [1.807, 2.05) is 24.3 Å². The van der Waals surface area contributed by atoms with Crippen LogP contribution in [0.1, 0.15) is 24.0 Å². The van der Waals surface area contributed by atoms with Gasteiger partial charge in [0.1, 0.15) is 24.7 Å². The van der Waals surface area contributed by atoms with Crippen molar-refractivity contribution in [3.8, 4) is 11.5 Å². The lowest BCUT2D eigenvalue weighted by molar-refractivity contribution is -0.136. The molecule has 1 aliphatic rings. The third-order valence-corrected chi connectivity index (χ3v) is 4.56. The molecule has 138 valence electrons. The van der Waals surface area contributed by atoms with E-state index in [1.165, 1.54) is 0 Å². The van der Waals surface area contributed by atoms with E-state index in [0.29, 0.717) is 24.5 Å². The molecular weight excluding hydrogens is 400 g/mol. The van der Waals surface area contributed by atoms with Crippen LogP contribution in [0.3, 0.4) is 0 Å². The summed E-state index contributed by atoms with van der Waals surface area (Å²) >= 11 is 3.50. The highest BCUT2D eigenvalue weighted by molar-refractivity contribution is 9.10. The third kappa shape index (κ3) is 5.47. The van der Waals surface area contributed by atoms with Crippen molar-refractivity contribution in [1.82, 2.24) is 0 Å². The van der Waals surface area contributed by atoms with Gasteiger partial charge in [-0.3, -0.25) is 4.79 Å². The highest BCUT2D eigenvalue weighted by Crippen LogP contribution is 2.25. The standard InChI is InChI=1S/C20H21BrO5/c21-16-8-14(9-18(11-16)25-13-17-5-3-7-24-17)12-26-19-6-2-1-4-15(19)10-20(22)23/h1-2,4,6,8-9,11,17H,3,5,7,10,12-13H2,(H,22,23). The van der Waals surface area contributed by atoms with E-state index < -0.39 is 5.97 Å². The van der Waals surface area contributed by atoms with E-state index >= 15 is 0 Å². The van der Waals surface area contributed by atoms with E-state index in [4.69, 9.17) is 19.3 Å². The van der Waals surface area contributed by atoms with Crippen LogP contribution in [0.25, 0.3) is 0 Å². The molecule has 1 saturated heterocycles. The van der Waals surface area contributed by atoms with Crippen LogP contribution in [0.5, 0.6) is 11.5 Å². The minimum absolute atomic E-state index is 0.0651. The summed E-state index contributed by atoms with van der Waals surface area (Å²) in [5, 5.41) is 9.01. The van der Waals surface area contributed by atoms with Crippen LogP contribution in [0.4, 0.5) is 0 Å². The topological polar surface area (TPSA) is 65.0 Å². The Kier molecular flexibility index (Phi) is 6.52. The fraction of sp³-hybridized carbons (Fsp3) is 0.350. The van der Waals surface area contributed by atoms with E-state index in [-0.39, 0.29) is 12.5 Å². The Balaban J connectivity index is 1.63. The Morgan fingerprint density at radius 1 is 1.23 bits per heavy atom. The van der Waals surface area contributed by atoms with E-state index in [0.717, 1.165) is 35.2 Å². The van der Waals surface area contributed by atoms with Crippen LogP contribution in [0.2, 0.25) is 0 Å². The van der Waals surface area contributed by atoms with Gasteiger partial charge in [0.15, 0.2) is 0 Å². The number of hydrogen-bond donors (Lipinski definition) is 1. The Hall–Kier alpha value is -2.05. The van der Waals surface area contributed by atoms with Crippen LogP contribution in [0, 0.1) is 0 Å². The molecule has 1 N–H and O–H groups in total. The molecular formula is C20H21BrO5. The van der Waals surface area contributed by atoms with Crippen molar-refractivity contribution in [2.45, 2.75) is 32.0 Å². The highest BCUT2D eigenvalue weighted by atomic mass is 79.9. The molecule has 3 rings (SSSR count). The lowest BCUT2D eigenvalue weighted by Gasteiger charge is -2.14. The molecule has 0 amide bonds. The first-order valence-electron chi connectivity index (χ1n) is 8.56. The Bertz CT molecular complexity index is 756. The first-order chi connectivity index (χ1) is 12.6. The quantitative estimate of drug-likeness (QED) is 0.692. The molecule has 0 radical (unpaired) electrons. The number of benzene rings is 2. The maximum atomic E-state index is 11.0. The molecule has 1 heterocycles. The van der Waals surface area contributed by atoms with Crippen LogP contribution in [-0.4, -0.2) is 30.4 Å². The van der Waals surface area contributed by atoms with Gasteiger partial charge < -0.3 is 19.3 Å². The maximum absolute atomic E-state index is 11.0. The zero-order valence-corrected chi connectivity index (χ0v) is 15.9. The fourth-order valence-corrected chi connectivity index (χ4v) is 3.39. The second kappa shape index (κ2) is 9.05. The predicted molar refractivity (Wildman–Crippen MR) is 101 cm³/mol. The predicted octanol–water partition coefficient (Wildman–Crippen LogP) is 4.21. The van der Waals surface area contributed by atoms with Crippen molar-refractivity contribution >= 4 is 21.9 Å². The molecule has 2 aromatic rings. The summed E-state index contributed by atoms with van der Waals surface area (Å²) in [5.41, 5.74) is 1.59. The molecule has 0 aromatic heterocycles. The second-order valence-electron chi connectivity index (χ2n) is 6.21. The lowest BCUT2D eigenvalue weighted by atomic mass is 10.1.